The highest BCUT2D eigenvalue weighted by molar-refractivity contribution is 4.73. The van der Waals surface area contributed by atoms with E-state index in [0.717, 1.165) is 19.1 Å². The fourth-order valence-electron chi connectivity index (χ4n) is 2.88. The Hall–Kier alpha value is -0.120. The van der Waals surface area contributed by atoms with Crippen LogP contribution in [0.5, 0.6) is 0 Å². The highest BCUT2D eigenvalue weighted by Gasteiger charge is 2.18. The third-order valence-corrected chi connectivity index (χ3v) is 4.27. The van der Waals surface area contributed by atoms with Gasteiger partial charge in [-0.2, -0.15) is 0 Å². The maximum Gasteiger partial charge on any atom is 0.0491 e. The lowest BCUT2D eigenvalue weighted by Crippen LogP contribution is -2.40. The Kier molecular flexibility index (Phi) is 9.48. The molecule has 0 amide bonds. The van der Waals surface area contributed by atoms with E-state index in [0.29, 0.717) is 6.04 Å². The van der Waals surface area contributed by atoms with Crippen LogP contribution in [0.15, 0.2) is 0 Å². The monoisotopic (exact) mass is 270 g/mol. The van der Waals surface area contributed by atoms with Gasteiger partial charge in [0.2, 0.25) is 0 Å². The Morgan fingerprint density at radius 1 is 1.26 bits per heavy atom. The third kappa shape index (κ3) is 7.91. The number of piperidine rings is 1. The van der Waals surface area contributed by atoms with Crippen molar-refractivity contribution in [2.75, 3.05) is 39.9 Å². The van der Waals surface area contributed by atoms with Gasteiger partial charge in [0, 0.05) is 32.8 Å². The molecule has 114 valence electrons. The first-order valence-corrected chi connectivity index (χ1v) is 8.21. The maximum atomic E-state index is 5.25. The van der Waals surface area contributed by atoms with Gasteiger partial charge in [0.25, 0.3) is 0 Å². The molecule has 1 saturated heterocycles. The molecule has 0 aliphatic carbocycles. The second-order valence-corrected chi connectivity index (χ2v) is 6.09. The molecule has 3 nitrogen and oxygen atoms in total. The van der Waals surface area contributed by atoms with Crippen molar-refractivity contribution in [3.05, 3.63) is 0 Å². The average molecular weight is 270 g/mol. The number of methoxy groups -OCH3 is 1. The molecule has 0 saturated carbocycles. The summed E-state index contributed by atoms with van der Waals surface area (Å²) in [5.41, 5.74) is 0. The first-order valence-electron chi connectivity index (χ1n) is 8.21. The molecule has 0 radical (unpaired) electrons. The van der Waals surface area contributed by atoms with Crippen LogP contribution in [0.2, 0.25) is 0 Å². The number of hydrogen-bond acceptors (Lipinski definition) is 3. The largest absolute Gasteiger partial charge is 0.384 e. The summed E-state index contributed by atoms with van der Waals surface area (Å²) in [6.07, 6.45) is 8.00. The SMILES string of the molecule is CCCCCC(C)NCCN1CCC(COC)CC1. The van der Waals surface area contributed by atoms with E-state index in [9.17, 15) is 0 Å². The molecule has 1 fully saturated rings. The molecule has 0 aromatic rings. The van der Waals surface area contributed by atoms with Gasteiger partial charge in [0.1, 0.15) is 0 Å². The average Bonchev–Trinajstić information content (AvgIpc) is 2.41. The molecule has 0 spiro atoms. The van der Waals surface area contributed by atoms with Gasteiger partial charge in [-0.3, -0.25) is 0 Å². The summed E-state index contributed by atoms with van der Waals surface area (Å²) in [5, 5.41) is 3.66. The minimum absolute atomic E-state index is 0.678. The predicted octanol–water partition coefficient (Wildman–Crippen LogP) is 2.90. The van der Waals surface area contributed by atoms with Crippen LogP contribution < -0.4 is 5.32 Å². The second kappa shape index (κ2) is 10.6. The van der Waals surface area contributed by atoms with Gasteiger partial charge < -0.3 is 15.0 Å². The number of nitrogens with zero attached hydrogens (tertiary/aromatic N) is 1. The molecular weight excluding hydrogens is 236 g/mol. The van der Waals surface area contributed by atoms with Gasteiger partial charge in [-0.05, 0) is 45.2 Å². The number of ether oxygens (including phenoxy) is 1. The molecule has 0 aromatic heterocycles. The minimum atomic E-state index is 0.678. The Morgan fingerprint density at radius 3 is 2.63 bits per heavy atom. The Balaban J connectivity index is 1.98. The van der Waals surface area contributed by atoms with Gasteiger partial charge in [-0.25, -0.2) is 0 Å². The van der Waals surface area contributed by atoms with Gasteiger partial charge in [0.05, 0.1) is 0 Å². The molecular formula is C16H34N2O. The van der Waals surface area contributed by atoms with E-state index >= 15 is 0 Å². The summed E-state index contributed by atoms with van der Waals surface area (Å²) in [5.74, 6) is 0.794. The van der Waals surface area contributed by atoms with E-state index in [1.165, 1.54) is 58.2 Å². The number of rotatable bonds is 10. The summed E-state index contributed by atoms with van der Waals surface area (Å²) in [6.45, 7) is 10.4. The molecule has 0 aromatic carbocycles. The first kappa shape index (κ1) is 16.9. The third-order valence-electron chi connectivity index (χ3n) is 4.27. The molecule has 3 heteroatoms. The summed E-state index contributed by atoms with van der Waals surface area (Å²) < 4.78 is 5.25. The van der Waals surface area contributed by atoms with Gasteiger partial charge in [-0.1, -0.05) is 26.2 Å². The second-order valence-electron chi connectivity index (χ2n) is 6.09. The summed E-state index contributed by atoms with van der Waals surface area (Å²) in [7, 11) is 1.82. The lowest BCUT2D eigenvalue weighted by Gasteiger charge is -2.31. The normalized spacial score (nSPS) is 19.7. The number of unbranched alkanes of at least 4 members (excludes halogenated alkanes) is 2. The quantitative estimate of drug-likeness (QED) is 0.618. The van der Waals surface area contributed by atoms with Crippen LogP contribution in [0.1, 0.15) is 52.4 Å². The van der Waals surface area contributed by atoms with E-state index in [4.69, 9.17) is 4.74 Å². The van der Waals surface area contributed by atoms with Gasteiger partial charge >= 0.3 is 0 Å². The van der Waals surface area contributed by atoms with Crippen LogP contribution >= 0.6 is 0 Å². The van der Waals surface area contributed by atoms with Crippen molar-refractivity contribution in [2.45, 2.75) is 58.4 Å². The van der Waals surface area contributed by atoms with Gasteiger partial charge in [0.15, 0.2) is 0 Å². The minimum Gasteiger partial charge on any atom is -0.384 e. The molecule has 1 N–H and O–H groups in total. The molecule has 0 bridgehead atoms. The Morgan fingerprint density at radius 2 is 2.00 bits per heavy atom. The van der Waals surface area contributed by atoms with Crippen LogP contribution in [0, 0.1) is 5.92 Å². The fraction of sp³-hybridized carbons (Fsp3) is 1.00. The van der Waals surface area contributed by atoms with Crippen molar-refractivity contribution in [1.29, 1.82) is 0 Å². The zero-order chi connectivity index (χ0) is 13.9. The molecule has 1 heterocycles. The summed E-state index contributed by atoms with van der Waals surface area (Å²) in [4.78, 5) is 2.60. The van der Waals surface area contributed by atoms with Crippen molar-refractivity contribution >= 4 is 0 Å². The van der Waals surface area contributed by atoms with Gasteiger partial charge in [-0.15, -0.1) is 0 Å². The number of likely N-dealkylation sites (tertiary alicyclic amines) is 1. The zero-order valence-corrected chi connectivity index (χ0v) is 13.3. The standard InChI is InChI=1S/C16H34N2O/c1-4-5-6-7-15(2)17-10-13-18-11-8-16(9-12-18)14-19-3/h15-17H,4-14H2,1-3H3. The van der Waals surface area contributed by atoms with E-state index in [-0.39, 0.29) is 0 Å². The van der Waals surface area contributed by atoms with E-state index < -0.39 is 0 Å². The Labute approximate surface area is 120 Å². The van der Waals surface area contributed by atoms with Crippen LogP contribution in [0.3, 0.4) is 0 Å². The maximum absolute atomic E-state index is 5.25. The molecule has 1 aliphatic rings. The molecule has 1 unspecified atom stereocenters. The van der Waals surface area contributed by atoms with E-state index in [1.54, 1.807) is 0 Å². The van der Waals surface area contributed by atoms with Crippen LogP contribution in [-0.4, -0.2) is 50.8 Å². The smallest absolute Gasteiger partial charge is 0.0491 e. The van der Waals surface area contributed by atoms with Crippen molar-refractivity contribution in [2.24, 2.45) is 5.92 Å². The summed E-state index contributed by atoms with van der Waals surface area (Å²) >= 11 is 0. The number of nitrogens with one attached hydrogen (secondary N) is 1. The summed E-state index contributed by atoms with van der Waals surface area (Å²) in [6, 6.07) is 0.678. The fourth-order valence-corrected chi connectivity index (χ4v) is 2.88. The van der Waals surface area contributed by atoms with Crippen molar-refractivity contribution in [1.82, 2.24) is 10.2 Å². The van der Waals surface area contributed by atoms with Crippen molar-refractivity contribution < 1.29 is 4.74 Å². The Bertz CT molecular complexity index is 203. The van der Waals surface area contributed by atoms with Crippen molar-refractivity contribution in [3.8, 4) is 0 Å². The lowest BCUT2D eigenvalue weighted by molar-refractivity contribution is 0.0996. The van der Waals surface area contributed by atoms with E-state index in [2.05, 4.69) is 24.1 Å². The van der Waals surface area contributed by atoms with Crippen molar-refractivity contribution in [3.63, 3.8) is 0 Å². The van der Waals surface area contributed by atoms with Crippen LogP contribution in [-0.2, 0) is 4.74 Å². The molecule has 1 rings (SSSR count). The van der Waals surface area contributed by atoms with Crippen LogP contribution in [0.4, 0.5) is 0 Å². The molecule has 1 atom stereocenters. The predicted molar refractivity (Wildman–Crippen MR) is 82.6 cm³/mol. The topological polar surface area (TPSA) is 24.5 Å². The lowest BCUT2D eigenvalue weighted by atomic mass is 9.98. The molecule has 19 heavy (non-hydrogen) atoms. The van der Waals surface area contributed by atoms with E-state index in [1.807, 2.05) is 7.11 Å². The number of hydrogen-bond donors (Lipinski definition) is 1. The van der Waals surface area contributed by atoms with Crippen LogP contribution in [0.25, 0.3) is 0 Å². The molecule has 1 aliphatic heterocycles. The first-order chi connectivity index (χ1) is 9.26. The highest BCUT2D eigenvalue weighted by atomic mass is 16.5. The zero-order valence-electron chi connectivity index (χ0n) is 13.3. The highest BCUT2D eigenvalue weighted by Crippen LogP contribution is 2.16.